The molecule has 0 heterocycles. The summed E-state index contributed by atoms with van der Waals surface area (Å²) >= 11 is 3.33. The van der Waals surface area contributed by atoms with E-state index in [2.05, 4.69) is 15.9 Å². The second-order valence-corrected chi connectivity index (χ2v) is 6.32. The summed E-state index contributed by atoms with van der Waals surface area (Å²) in [5.74, 6) is 0. The lowest BCUT2D eigenvalue weighted by Gasteiger charge is -2.07. The topological polar surface area (TPSA) is 60.2 Å². The summed E-state index contributed by atoms with van der Waals surface area (Å²) in [6, 6.07) is 5.21. The van der Waals surface area contributed by atoms with Crippen LogP contribution < -0.4 is 5.73 Å². The summed E-state index contributed by atoms with van der Waals surface area (Å²) in [6.45, 7) is 0.565. The number of benzene rings is 1. The summed E-state index contributed by atoms with van der Waals surface area (Å²) in [5, 5.41) is 0. The molecular formula is C10H14BrNO2S. The van der Waals surface area contributed by atoms with Crippen molar-refractivity contribution in [2.75, 3.05) is 12.8 Å². The Morgan fingerprint density at radius 3 is 2.60 bits per heavy atom. The fourth-order valence-electron chi connectivity index (χ4n) is 1.40. The van der Waals surface area contributed by atoms with E-state index < -0.39 is 9.84 Å². The van der Waals surface area contributed by atoms with Gasteiger partial charge in [-0.05, 0) is 43.1 Å². The monoisotopic (exact) mass is 291 g/mol. The Morgan fingerprint density at radius 1 is 1.40 bits per heavy atom. The van der Waals surface area contributed by atoms with E-state index in [4.69, 9.17) is 5.73 Å². The van der Waals surface area contributed by atoms with Crippen molar-refractivity contribution in [3.8, 4) is 0 Å². The average molecular weight is 292 g/mol. The van der Waals surface area contributed by atoms with Gasteiger partial charge in [-0.25, -0.2) is 8.42 Å². The van der Waals surface area contributed by atoms with Crippen molar-refractivity contribution in [2.45, 2.75) is 17.7 Å². The fourth-order valence-corrected chi connectivity index (χ4v) is 2.76. The normalized spacial score (nSPS) is 11.7. The minimum Gasteiger partial charge on any atom is -0.330 e. The molecule has 0 aromatic heterocycles. The van der Waals surface area contributed by atoms with E-state index in [0.29, 0.717) is 17.9 Å². The Morgan fingerprint density at radius 2 is 2.07 bits per heavy atom. The molecule has 0 unspecified atom stereocenters. The molecular weight excluding hydrogens is 278 g/mol. The Bertz CT molecular complexity index is 443. The van der Waals surface area contributed by atoms with E-state index in [0.717, 1.165) is 16.5 Å². The Balaban J connectivity index is 3.15. The minimum absolute atomic E-state index is 0.402. The van der Waals surface area contributed by atoms with Gasteiger partial charge in [-0.3, -0.25) is 0 Å². The summed E-state index contributed by atoms with van der Waals surface area (Å²) in [4.78, 5) is 0.402. The molecule has 0 spiro atoms. The molecule has 1 aromatic carbocycles. The molecule has 0 amide bonds. The van der Waals surface area contributed by atoms with Gasteiger partial charge in [0.15, 0.2) is 9.84 Å². The lowest BCUT2D eigenvalue weighted by atomic mass is 10.1. The Labute approximate surface area is 98.7 Å². The maximum Gasteiger partial charge on any atom is 0.175 e. The number of hydrogen-bond acceptors (Lipinski definition) is 3. The third-order valence-corrected chi connectivity index (χ3v) is 3.76. The molecule has 1 aromatic rings. The molecule has 0 atom stereocenters. The second kappa shape index (κ2) is 5.09. The van der Waals surface area contributed by atoms with Crippen LogP contribution in [-0.2, 0) is 16.3 Å². The molecule has 84 valence electrons. The first-order valence-electron chi connectivity index (χ1n) is 4.63. The molecule has 0 saturated carbocycles. The van der Waals surface area contributed by atoms with Crippen molar-refractivity contribution in [2.24, 2.45) is 5.73 Å². The lowest BCUT2D eigenvalue weighted by molar-refractivity contribution is 0.600. The van der Waals surface area contributed by atoms with Crippen molar-refractivity contribution < 1.29 is 8.42 Å². The van der Waals surface area contributed by atoms with Gasteiger partial charge in [0, 0.05) is 10.7 Å². The van der Waals surface area contributed by atoms with Crippen LogP contribution >= 0.6 is 15.9 Å². The SMILES string of the molecule is CS(=O)(=O)c1ccc(Br)cc1CCCN. The standard InChI is InChI=1S/C10H14BrNO2S/c1-15(13,14)10-5-4-9(11)7-8(10)3-2-6-12/h4-5,7H,2-3,6,12H2,1H3. The zero-order valence-corrected chi connectivity index (χ0v) is 10.9. The average Bonchev–Trinajstić information content (AvgIpc) is 2.12. The molecule has 5 heteroatoms. The summed E-state index contributed by atoms with van der Waals surface area (Å²) in [6.07, 6.45) is 2.71. The van der Waals surface area contributed by atoms with Crippen LogP contribution in [0, 0.1) is 0 Å². The molecule has 3 nitrogen and oxygen atoms in total. The van der Waals surface area contributed by atoms with Crippen molar-refractivity contribution in [3.63, 3.8) is 0 Å². The number of rotatable bonds is 4. The van der Waals surface area contributed by atoms with E-state index in [1.165, 1.54) is 6.26 Å². The summed E-state index contributed by atoms with van der Waals surface area (Å²) in [7, 11) is -3.14. The summed E-state index contributed by atoms with van der Waals surface area (Å²) in [5.41, 5.74) is 6.24. The molecule has 0 radical (unpaired) electrons. The predicted molar refractivity (Wildman–Crippen MR) is 64.6 cm³/mol. The van der Waals surface area contributed by atoms with E-state index >= 15 is 0 Å². The molecule has 0 aliphatic carbocycles. The van der Waals surface area contributed by atoms with Crippen molar-refractivity contribution >= 4 is 25.8 Å². The van der Waals surface area contributed by atoms with Gasteiger partial charge in [0.25, 0.3) is 0 Å². The molecule has 2 N–H and O–H groups in total. The number of aryl methyl sites for hydroxylation is 1. The third kappa shape index (κ3) is 3.59. The van der Waals surface area contributed by atoms with Crippen LogP contribution in [-0.4, -0.2) is 21.2 Å². The maximum atomic E-state index is 11.5. The highest BCUT2D eigenvalue weighted by Gasteiger charge is 2.12. The Kier molecular flexibility index (Phi) is 4.31. The highest BCUT2D eigenvalue weighted by molar-refractivity contribution is 9.10. The lowest BCUT2D eigenvalue weighted by Crippen LogP contribution is -2.05. The van der Waals surface area contributed by atoms with Crippen molar-refractivity contribution in [3.05, 3.63) is 28.2 Å². The molecule has 0 bridgehead atoms. The van der Waals surface area contributed by atoms with Crippen LogP contribution in [0.5, 0.6) is 0 Å². The zero-order valence-electron chi connectivity index (χ0n) is 8.53. The van der Waals surface area contributed by atoms with Gasteiger partial charge < -0.3 is 5.73 Å². The molecule has 0 fully saturated rings. The summed E-state index contributed by atoms with van der Waals surface area (Å²) < 4.78 is 23.9. The maximum absolute atomic E-state index is 11.5. The van der Waals surface area contributed by atoms with Crippen molar-refractivity contribution in [1.29, 1.82) is 0 Å². The highest BCUT2D eigenvalue weighted by Crippen LogP contribution is 2.21. The van der Waals surface area contributed by atoms with Crippen LogP contribution in [0.25, 0.3) is 0 Å². The first kappa shape index (κ1) is 12.7. The number of sulfone groups is 1. The Hall–Kier alpha value is -0.390. The third-order valence-electron chi connectivity index (χ3n) is 2.07. The van der Waals surface area contributed by atoms with Gasteiger partial charge in [0.05, 0.1) is 4.90 Å². The van der Waals surface area contributed by atoms with Gasteiger partial charge in [-0.15, -0.1) is 0 Å². The van der Waals surface area contributed by atoms with Crippen LogP contribution in [0.3, 0.4) is 0 Å². The van der Waals surface area contributed by atoms with Crippen LogP contribution in [0.1, 0.15) is 12.0 Å². The molecule has 0 aliphatic heterocycles. The van der Waals surface area contributed by atoms with Crippen LogP contribution in [0.4, 0.5) is 0 Å². The first-order chi connectivity index (χ1) is 6.95. The largest absolute Gasteiger partial charge is 0.330 e. The minimum atomic E-state index is -3.14. The van der Waals surface area contributed by atoms with E-state index in [1.807, 2.05) is 6.07 Å². The van der Waals surface area contributed by atoms with Gasteiger partial charge in [-0.2, -0.15) is 0 Å². The van der Waals surface area contributed by atoms with Crippen molar-refractivity contribution in [1.82, 2.24) is 0 Å². The van der Waals surface area contributed by atoms with Gasteiger partial charge in [0.1, 0.15) is 0 Å². The van der Waals surface area contributed by atoms with Gasteiger partial charge in [0.2, 0.25) is 0 Å². The van der Waals surface area contributed by atoms with Crippen LogP contribution in [0.2, 0.25) is 0 Å². The number of halogens is 1. The first-order valence-corrected chi connectivity index (χ1v) is 7.32. The fraction of sp³-hybridized carbons (Fsp3) is 0.400. The van der Waals surface area contributed by atoms with Gasteiger partial charge in [-0.1, -0.05) is 15.9 Å². The zero-order chi connectivity index (χ0) is 11.5. The molecule has 0 aliphatic rings. The molecule has 0 saturated heterocycles. The van der Waals surface area contributed by atoms with E-state index in [-0.39, 0.29) is 0 Å². The smallest absolute Gasteiger partial charge is 0.175 e. The predicted octanol–water partition coefficient (Wildman–Crippen LogP) is 1.74. The molecule has 1 rings (SSSR count). The quantitative estimate of drug-likeness (QED) is 0.919. The number of hydrogen-bond donors (Lipinski definition) is 1. The van der Waals surface area contributed by atoms with Crippen LogP contribution in [0.15, 0.2) is 27.6 Å². The molecule has 15 heavy (non-hydrogen) atoms. The van der Waals surface area contributed by atoms with E-state index in [1.54, 1.807) is 12.1 Å². The second-order valence-electron chi connectivity index (χ2n) is 3.42. The number of nitrogens with two attached hydrogens (primary N) is 1. The van der Waals surface area contributed by atoms with Gasteiger partial charge >= 0.3 is 0 Å². The highest BCUT2D eigenvalue weighted by atomic mass is 79.9. The van der Waals surface area contributed by atoms with E-state index in [9.17, 15) is 8.42 Å².